The van der Waals surface area contributed by atoms with Crippen LogP contribution in [0.5, 0.6) is 0 Å². The number of hydrogen-bond donors (Lipinski definition) is 1. The Morgan fingerprint density at radius 3 is 2.09 bits per heavy atom. The molecule has 242 valence electrons. The number of sulfonamides is 1. The maximum atomic E-state index is 14.5. The number of carbonyl (C=O) groups is 2. The second-order valence-electron chi connectivity index (χ2n) is 11.2. The summed E-state index contributed by atoms with van der Waals surface area (Å²) in [5.41, 5.74) is 2.93. The molecule has 0 aliphatic heterocycles. The third-order valence-corrected chi connectivity index (χ3v) is 10.6. The van der Waals surface area contributed by atoms with Crippen molar-refractivity contribution in [1.29, 1.82) is 0 Å². The van der Waals surface area contributed by atoms with E-state index in [4.69, 9.17) is 11.6 Å². The molecule has 10 heteroatoms. The van der Waals surface area contributed by atoms with Gasteiger partial charge < -0.3 is 10.2 Å². The van der Waals surface area contributed by atoms with Crippen molar-refractivity contribution in [3.63, 3.8) is 0 Å². The van der Waals surface area contributed by atoms with E-state index in [2.05, 4.69) is 5.32 Å². The summed E-state index contributed by atoms with van der Waals surface area (Å²) in [6.07, 6.45) is 2.87. The molecule has 4 rings (SSSR count). The van der Waals surface area contributed by atoms with Crippen LogP contribution in [-0.4, -0.2) is 50.0 Å². The molecule has 46 heavy (non-hydrogen) atoms. The Morgan fingerprint density at radius 1 is 0.870 bits per heavy atom. The molecular weight excluding hydrogens is 638 g/mol. The maximum Gasteiger partial charge on any atom is 0.264 e. The fourth-order valence-electron chi connectivity index (χ4n) is 4.90. The highest BCUT2D eigenvalue weighted by Crippen LogP contribution is 2.27. The molecule has 2 amide bonds. The molecule has 4 aromatic carbocycles. The van der Waals surface area contributed by atoms with Gasteiger partial charge >= 0.3 is 0 Å². The predicted octanol–water partition coefficient (Wildman–Crippen LogP) is 7.12. The Labute approximate surface area is 282 Å². The van der Waals surface area contributed by atoms with Gasteiger partial charge in [0.2, 0.25) is 11.8 Å². The fraction of sp³-hybridized carbons (Fsp3) is 0.278. The molecule has 7 nitrogen and oxygen atoms in total. The third kappa shape index (κ3) is 9.15. The molecule has 1 N–H and O–H groups in total. The Bertz CT molecular complexity index is 1700. The first-order valence-corrected chi connectivity index (χ1v) is 18.2. The molecule has 4 aromatic rings. The Morgan fingerprint density at radius 2 is 1.50 bits per heavy atom. The molecular formula is C36H40ClN3O4S2. The lowest BCUT2D eigenvalue weighted by Gasteiger charge is -2.34. The van der Waals surface area contributed by atoms with Gasteiger partial charge in [0.1, 0.15) is 12.6 Å². The van der Waals surface area contributed by atoms with E-state index in [1.807, 2.05) is 69.5 Å². The van der Waals surface area contributed by atoms with Crippen LogP contribution in [0, 0.1) is 6.92 Å². The van der Waals surface area contributed by atoms with E-state index in [-0.39, 0.29) is 29.8 Å². The molecule has 0 saturated heterocycles. The number of carbonyl (C=O) groups excluding carboxylic acids is 2. The minimum Gasteiger partial charge on any atom is -0.352 e. The summed E-state index contributed by atoms with van der Waals surface area (Å²) in [6, 6.07) is 29.1. The zero-order valence-electron chi connectivity index (χ0n) is 26.5. The first kappa shape index (κ1) is 35.1. The molecule has 0 fully saturated rings. The van der Waals surface area contributed by atoms with E-state index in [1.54, 1.807) is 60.7 Å². The number of anilines is 1. The van der Waals surface area contributed by atoms with E-state index >= 15 is 0 Å². The van der Waals surface area contributed by atoms with Crippen molar-refractivity contribution in [2.75, 3.05) is 17.1 Å². The maximum absolute atomic E-state index is 14.5. The number of amides is 2. The van der Waals surface area contributed by atoms with Crippen molar-refractivity contribution >= 4 is 50.9 Å². The van der Waals surface area contributed by atoms with E-state index in [9.17, 15) is 18.0 Å². The normalized spacial score (nSPS) is 12.6. The summed E-state index contributed by atoms with van der Waals surface area (Å²) in [6.45, 7) is 5.37. The van der Waals surface area contributed by atoms with Gasteiger partial charge in [-0.15, -0.1) is 11.8 Å². The second-order valence-corrected chi connectivity index (χ2v) is 14.4. The van der Waals surface area contributed by atoms with Crippen LogP contribution in [0.2, 0.25) is 5.02 Å². The van der Waals surface area contributed by atoms with Gasteiger partial charge in [0.05, 0.1) is 10.6 Å². The zero-order valence-corrected chi connectivity index (χ0v) is 28.9. The molecule has 0 radical (unpaired) electrons. The number of nitrogens with one attached hydrogen (secondary N) is 1. The first-order valence-electron chi connectivity index (χ1n) is 15.1. The Hall–Kier alpha value is -3.79. The van der Waals surface area contributed by atoms with Gasteiger partial charge in [-0.1, -0.05) is 78.7 Å². The van der Waals surface area contributed by atoms with Gasteiger partial charge in [-0.05, 0) is 86.2 Å². The van der Waals surface area contributed by atoms with Gasteiger partial charge in [-0.25, -0.2) is 8.42 Å². The SMILES string of the molecule is CC[C@H](C)NC(=O)[C@H](Cc1ccccc1)N(Cc1ccc(Cl)cc1)C(=O)CN(c1ccc(C)cc1)S(=O)(=O)c1ccc(SC)cc1. The van der Waals surface area contributed by atoms with Crippen LogP contribution in [0.25, 0.3) is 0 Å². The van der Waals surface area contributed by atoms with Crippen LogP contribution < -0.4 is 9.62 Å². The van der Waals surface area contributed by atoms with Crippen LogP contribution in [0.1, 0.15) is 37.0 Å². The molecule has 0 heterocycles. The van der Waals surface area contributed by atoms with Crippen molar-refractivity contribution in [2.24, 2.45) is 0 Å². The van der Waals surface area contributed by atoms with Crippen molar-refractivity contribution in [2.45, 2.75) is 62.0 Å². The molecule has 0 aliphatic carbocycles. The predicted molar refractivity (Wildman–Crippen MR) is 188 cm³/mol. The standard InChI is InChI=1S/C36H40ClN3O4S2/c1-5-27(3)38-36(42)34(23-28-9-7-6-8-10-28)39(24-29-13-15-30(37)16-14-29)35(41)25-40(31-17-11-26(2)12-18-31)46(43,44)33-21-19-32(45-4)20-22-33/h6-22,27,34H,5,23-25H2,1-4H3,(H,38,42)/t27-,34-/m0/s1. The van der Waals surface area contributed by atoms with Crippen molar-refractivity contribution in [3.05, 3.63) is 125 Å². The topological polar surface area (TPSA) is 86.8 Å². The lowest BCUT2D eigenvalue weighted by Crippen LogP contribution is -2.54. The summed E-state index contributed by atoms with van der Waals surface area (Å²) >= 11 is 7.67. The summed E-state index contributed by atoms with van der Waals surface area (Å²) in [4.78, 5) is 30.9. The Balaban J connectivity index is 1.80. The highest BCUT2D eigenvalue weighted by molar-refractivity contribution is 7.98. The van der Waals surface area contributed by atoms with Crippen molar-refractivity contribution < 1.29 is 18.0 Å². The van der Waals surface area contributed by atoms with Gasteiger partial charge in [-0.2, -0.15) is 0 Å². The monoisotopic (exact) mass is 677 g/mol. The minimum atomic E-state index is -4.17. The lowest BCUT2D eigenvalue weighted by molar-refractivity contribution is -0.140. The molecule has 0 saturated carbocycles. The molecule has 2 atom stereocenters. The number of benzene rings is 4. The van der Waals surface area contributed by atoms with E-state index in [0.717, 1.165) is 25.9 Å². The highest BCUT2D eigenvalue weighted by Gasteiger charge is 2.35. The van der Waals surface area contributed by atoms with E-state index < -0.39 is 28.5 Å². The Kier molecular flexibility index (Phi) is 12.3. The van der Waals surface area contributed by atoms with E-state index in [1.165, 1.54) is 16.7 Å². The van der Waals surface area contributed by atoms with Gasteiger partial charge in [-0.3, -0.25) is 13.9 Å². The smallest absolute Gasteiger partial charge is 0.264 e. The molecule has 0 unspecified atom stereocenters. The first-order chi connectivity index (χ1) is 22.0. The summed E-state index contributed by atoms with van der Waals surface area (Å²) in [5, 5.41) is 3.59. The van der Waals surface area contributed by atoms with Crippen LogP contribution in [0.4, 0.5) is 5.69 Å². The summed E-state index contributed by atoms with van der Waals surface area (Å²) in [5.74, 6) is -0.821. The van der Waals surface area contributed by atoms with Gasteiger partial charge in [0, 0.05) is 28.9 Å². The highest BCUT2D eigenvalue weighted by atomic mass is 35.5. The number of nitrogens with zero attached hydrogens (tertiary/aromatic N) is 2. The summed E-state index contributed by atoms with van der Waals surface area (Å²) in [7, 11) is -4.17. The van der Waals surface area contributed by atoms with Crippen LogP contribution in [-0.2, 0) is 32.6 Å². The zero-order chi connectivity index (χ0) is 33.3. The second kappa shape index (κ2) is 16.2. The lowest BCUT2D eigenvalue weighted by atomic mass is 10.0. The van der Waals surface area contributed by atoms with Crippen molar-refractivity contribution in [3.8, 4) is 0 Å². The minimum absolute atomic E-state index is 0.0678. The molecule has 0 bridgehead atoms. The van der Waals surface area contributed by atoms with Crippen LogP contribution in [0.3, 0.4) is 0 Å². The number of hydrogen-bond acceptors (Lipinski definition) is 5. The number of thioether (sulfide) groups is 1. The number of aryl methyl sites for hydroxylation is 1. The van der Waals surface area contributed by atoms with Crippen LogP contribution >= 0.6 is 23.4 Å². The quantitative estimate of drug-likeness (QED) is 0.144. The van der Waals surface area contributed by atoms with Gasteiger partial charge in [0.25, 0.3) is 10.0 Å². The fourth-order valence-corrected chi connectivity index (χ4v) is 6.84. The molecule has 0 aromatic heterocycles. The average molecular weight is 678 g/mol. The van der Waals surface area contributed by atoms with Crippen molar-refractivity contribution in [1.82, 2.24) is 10.2 Å². The molecule has 0 spiro atoms. The number of halogens is 1. The van der Waals surface area contributed by atoms with Gasteiger partial charge in [0.15, 0.2) is 0 Å². The van der Waals surface area contributed by atoms with Crippen LogP contribution in [0.15, 0.2) is 113 Å². The summed E-state index contributed by atoms with van der Waals surface area (Å²) < 4.78 is 29.5. The van der Waals surface area contributed by atoms with E-state index in [0.29, 0.717) is 17.1 Å². The molecule has 0 aliphatic rings. The largest absolute Gasteiger partial charge is 0.352 e. The average Bonchev–Trinajstić information content (AvgIpc) is 3.06. The third-order valence-electron chi connectivity index (χ3n) is 7.79. The number of rotatable bonds is 14.